The molecule has 0 spiro atoms. The van der Waals surface area contributed by atoms with Gasteiger partial charge in [0.1, 0.15) is 17.6 Å². The van der Waals surface area contributed by atoms with Gasteiger partial charge >= 0.3 is 0 Å². The van der Waals surface area contributed by atoms with Gasteiger partial charge in [0.05, 0.1) is 36.5 Å². The standard InChI is InChI=1S/C19H20N2O6S/c22-18-12-17(15-5-3-9-27-15)28(24,25)16-6-2-1-4-14(16)21(18)13-19(23)20-7-10-26-11-8-20/h1-6,9,17H,7-8,10-13H2. The number of hydrogen-bond acceptors (Lipinski definition) is 6. The lowest BCUT2D eigenvalue weighted by Gasteiger charge is -2.30. The number of carbonyl (C=O) groups excluding carboxylic acids is 2. The van der Waals surface area contributed by atoms with Crippen molar-refractivity contribution in [3.05, 3.63) is 48.4 Å². The largest absolute Gasteiger partial charge is 0.468 e. The average molecular weight is 404 g/mol. The van der Waals surface area contributed by atoms with Gasteiger partial charge in [-0.05, 0) is 24.3 Å². The highest BCUT2D eigenvalue weighted by atomic mass is 32.2. The maximum atomic E-state index is 13.3. The second kappa shape index (κ2) is 7.40. The van der Waals surface area contributed by atoms with Crippen molar-refractivity contribution < 1.29 is 27.2 Å². The lowest BCUT2D eigenvalue weighted by atomic mass is 10.2. The molecule has 2 aromatic rings. The van der Waals surface area contributed by atoms with Gasteiger partial charge in [0.25, 0.3) is 0 Å². The first kappa shape index (κ1) is 18.7. The molecule has 2 aliphatic heterocycles. The van der Waals surface area contributed by atoms with E-state index in [0.29, 0.717) is 26.3 Å². The van der Waals surface area contributed by atoms with Crippen LogP contribution in [0.3, 0.4) is 0 Å². The molecule has 2 amide bonds. The Morgan fingerprint density at radius 3 is 2.57 bits per heavy atom. The summed E-state index contributed by atoms with van der Waals surface area (Å²) in [5, 5.41) is -1.13. The van der Waals surface area contributed by atoms with E-state index in [9.17, 15) is 18.0 Å². The van der Waals surface area contributed by atoms with Crippen LogP contribution in [0.1, 0.15) is 17.4 Å². The van der Waals surface area contributed by atoms with Gasteiger partial charge in [-0.1, -0.05) is 12.1 Å². The Kier molecular flexibility index (Phi) is 4.94. The minimum absolute atomic E-state index is 0.0250. The topological polar surface area (TPSA) is 97.1 Å². The Morgan fingerprint density at radius 2 is 1.86 bits per heavy atom. The summed E-state index contributed by atoms with van der Waals surface area (Å²) in [7, 11) is -3.87. The van der Waals surface area contributed by atoms with Crippen LogP contribution >= 0.6 is 0 Å². The molecular weight excluding hydrogens is 384 g/mol. The quantitative estimate of drug-likeness (QED) is 0.767. The Morgan fingerprint density at radius 1 is 1.11 bits per heavy atom. The van der Waals surface area contributed by atoms with Gasteiger partial charge in [-0.15, -0.1) is 0 Å². The van der Waals surface area contributed by atoms with Gasteiger partial charge in [0, 0.05) is 13.1 Å². The van der Waals surface area contributed by atoms with E-state index in [1.165, 1.54) is 17.2 Å². The van der Waals surface area contributed by atoms with Crippen molar-refractivity contribution in [3.8, 4) is 0 Å². The molecule has 9 heteroatoms. The van der Waals surface area contributed by atoms with Crippen molar-refractivity contribution in [2.24, 2.45) is 0 Å². The van der Waals surface area contributed by atoms with Gasteiger partial charge in [0.15, 0.2) is 9.84 Å². The zero-order valence-electron chi connectivity index (χ0n) is 15.1. The monoisotopic (exact) mass is 404 g/mol. The van der Waals surface area contributed by atoms with Crippen molar-refractivity contribution >= 4 is 27.3 Å². The molecule has 148 valence electrons. The fraction of sp³-hybridized carbons (Fsp3) is 0.368. The molecule has 8 nitrogen and oxygen atoms in total. The molecule has 1 atom stereocenters. The summed E-state index contributed by atoms with van der Waals surface area (Å²) < 4.78 is 37.1. The summed E-state index contributed by atoms with van der Waals surface area (Å²) in [5.74, 6) is -0.457. The molecule has 1 saturated heterocycles. The van der Waals surface area contributed by atoms with Crippen LogP contribution in [0.4, 0.5) is 5.69 Å². The minimum Gasteiger partial charge on any atom is -0.468 e. The zero-order chi connectivity index (χ0) is 19.7. The van der Waals surface area contributed by atoms with E-state index in [2.05, 4.69) is 0 Å². The van der Waals surface area contributed by atoms with Crippen molar-refractivity contribution in [1.29, 1.82) is 0 Å². The molecule has 0 bridgehead atoms. The third-order valence-corrected chi connectivity index (χ3v) is 7.12. The number of rotatable bonds is 3. The molecular formula is C19H20N2O6S. The summed E-state index contributed by atoms with van der Waals surface area (Å²) in [5.41, 5.74) is 0.225. The summed E-state index contributed by atoms with van der Waals surface area (Å²) in [6.07, 6.45) is 1.09. The van der Waals surface area contributed by atoms with Crippen LogP contribution in [-0.4, -0.2) is 58.0 Å². The van der Waals surface area contributed by atoms with Gasteiger partial charge < -0.3 is 19.0 Å². The highest BCUT2D eigenvalue weighted by molar-refractivity contribution is 7.91. The molecule has 1 fully saturated rings. The molecule has 3 heterocycles. The van der Waals surface area contributed by atoms with Crippen molar-refractivity contribution in [2.45, 2.75) is 16.6 Å². The molecule has 0 radical (unpaired) electrons. The number of anilines is 1. The summed E-state index contributed by atoms with van der Waals surface area (Å²) >= 11 is 0. The number of ether oxygens (including phenoxy) is 1. The second-order valence-corrected chi connectivity index (χ2v) is 8.79. The number of sulfone groups is 1. The Bertz CT molecular complexity index is 980. The van der Waals surface area contributed by atoms with Crippen LogP contribution in [0.15, 0.2) is 52.0 Å². The van der Waals surface area contributed by atoms with Crippen LogP contribution in [0.25, 0.3) is 0 Å². The fourth-order valence-corrected chi connectivity index (χ4v) is 5.38. The van der Waals surface area contributed by atoms with Crippen LogP contribution < -0.4 is 4.90 Å². The lowest BCUT2D eigenvalue weighted by molar-refractivity contribution is -0.135. The van der Waals surface area contributed by atoms with E-state index in [1.54, 1.807) is 35.2 Å². The molecule has 0 N–H and O–H groups in total. The molecule has 2 aliphatic rings. The van der Waals surface area contributed by atoms with Crippen molar-refractivity contribution in [1.82, 2.24) is 4.90 Å². The summed E-state index contributed by atoms with van der Waals surface area (Å²) in [6, 6.07) is 9.42. The molecule has 1 unspecified atom stereocenters. The van der Waals surface area contributed by atoms with E-state index in [4.69, 9.17) is 9.15 Å². The number of morpholine rings is 1. The number of hydrogen-bond donors (Lipinski definition) is 0. The van der Waals surface area contributed by atoms with Crippen LogP contribution in [0, 0.1) is 0 Å². The second-order valence-electron chi connectivity index (χ2n) is 6.69. The maximum absolute atomic E-state index is 13.3. The Balaban J connectivity index is 1.72. The highest BCUT2D eigenvalue weighted by Crippen LogP contribution is 2.40. The van der Waals surface area contributed by atoms with E-state index in [1.807, 2.05) is 0 Å². The summed E-state index contributed by atoms with van der Waals surface area (Å²) in [4.78, 5) is 28.7. The van der Waals surface area contributed by atoms with Gasteiger partial charge in [-0.3, -0.25) is 9.59 Å². The number of fused-ring (bicyclic) bond motifs is 1. The summed E-state index contributed by atoms with van der Waals surface area (Å²) in [6.45, 7) is 1.60. The third-order valence-electron chi connectivity index (χ3n) is 5.02. The van der Waals surface area contributed by atoms with E-state index in [-0.39, 0.29) is 35.2 Å². The SMILES string of the molecule is O=C(CN1C(=O)CC(c2ccco2)S(=O)(=O)c2ccccc21)N1CCOCC1. The first-order valence-electron chi connectivity index (χ1n) is 9.00. The molecule has 1 aromatic heterocycles. The van der Waals surface area contributed by atoms with Crippen molar-refractivity contribution in [3.63, 3.8) is 0 Å². The molecule has 0 aliphatic carbocycles. The number of furan rings is 1. The fourth-order valence-electron chi connectivity index (χ4n) is 3.54. The zero-order valence-corrected chi connectivity index (χ0v) is 15.9. The molecule has 0 saturated carbocycles. The first-order chi connectivity index (χ1) is 13.5. The predicted molar refractivity (Wildman–Crippen MR) is 99.4 cm³/mol. The van der Waals surface area contributed by atoms with E-state index in [0.717, 1.165) is 0 Å². The van der Waals surface area contributed by atoms with Crippen LogP contribution in [0.5, 0.6) is 0 Å². The number of nitrogens with zero attached hydrogens (tertiary/aromatic N) is 2. The van der Waals surface area contributed by atoms with Gasteiger partial charge in [-0.25, -0.2) is 8.42 Å². The molecule has 4 rings (SSSR count). The van der Waals surface area contributed by atoms with Gasteiger partial charge in [-0.2, -0.15) is 0 Å². The predicted octanol–water partition coefficient (Wildman–Crippen LogP) is 1.39. The molecule has 28 heavy (non-hydrogen) atoms. The number of amides is 2. The lowest BCUT2D eigenvalue weighted by Crippen LogP contribution is -2.47. The van der Waals surface area contributed by atoms with Crippen LogP contribution in [0.2, 0.25) is 0 Å². The smallest absolute Gasteiger partial charge is 0.242 e. The average Bonchev–Trinajstić information content (AvgIpc) is 3.22. The van der Waals surface area contributed by atoms with E-state index < -0.39 is 21.0 Å². The third kappa shape index (κ3) is 3.31. The number of carbonyl (C=O) groups is 2. The van der Waals surface area contributed by atoms with Crippen LogP contribution in [-0.2, 0) is 24.2 Å². The first-order valence-corrected chi connectivity index (χ1v) is 10.6. The highest BCUT2D eigenvalue weighted by Gasteiger charge is 2.41. The van der Waals surface area contributed by atoms with Gasteiger partial charge in [0.2, 0.25) is 11.8 Å². The van der Waals surface area contributed by atoms with Crippen molar-refractivity contribution in [2.75, 3.05) is 37.7 Å². The molecule has 1 aromatic carbocycles. The van der Waals surface area contributed by atoms with E-state index >= 15 is 0 Å². The number of benzene rings is 1. The number of para-hydroxylation sites is 1. The minimum atomic E-state index is -3.87. The maximum Gasteiger partial charge on any atom is 0.242 e. The normalized spacial score (nSPS) is 21.9. The Hall–Kier alpha value is -2.65. The Labute approximate surface area is 162 Å².